The second-order valence-electron chi connectivity index (χ2n) is 6.84. The van der Waals surface area contributed by atoms with Crippen molar-refractivity contribution in [2.45, 2.75) is 43.9 Å². The van der Waals surface area contributed by atoms with Crippen LogP contribution in [0.2, 0.25) is 0 Å². The van der Waals surface area contributed by atoms with Crippen LogP contribution in [0.15, 0.2) is 47.6 Å². The van der Waals surface area contributed by atoms with Crippen LogP contribution < -0.4 is 0 Å². The summed E-state index contributed by atoms with van der Waals surface area (Å²) >= 11 is 2.10. The summed E-state index contributed by atoms with van der Waals surface area (Å²) in [5, 5.41) is 26.9. The van der Waals surface area contributed by atoms with Gasteiger partial charge in [-0.2, -0.15) is 0 Å². The molecule has 1 aliphatic rings. The molecule has 0 bridgehead atoms. The third-order valence-corrected chi connectivity index (χ3v) is 7.05. The minimum atomic E-state index is -3.23. The Labute approximate surface area is 200 Å². The molecule has 0 unspecified atom stereocenters. The fourth-order valence-corrected chi connectivity index (χ4v) is 4.40. The molecule has 0 atom stereocenters. The van der Waals surface area contributed by atoms with Crippen molar-refractivity contribution in [1.82, 2.24) is 15.0 Å². The zero-order valence-electron chi connectivity index (χ0n) is 17.8. The fraction of sp³-hybridized carbons (Fsp3) is 0.286. The third kappa shape index (κ3) is 7.88. The SMILES string of the molecule is Cc1nc(I)ccc1O.Cc1nc(S(=O)(=O)C2CC2)ccc1O.Cc1ncccc1O.O. The Hall–Kier alpha value is -2.51. The molecule has 0 spiro atoms. The fourth-order valence-electron chi connectivity index (χ4n) is 2.24. The van der Waals surface area contributed by atoms with Crippen molar-refractivity contribution in [1.29, 1.82) is 0 Å². The second-order valence-corrected chi connectivity index (χ2v) is 10.1. The van der Waals surface area contributed by atoms with E-state index in [9.17, 15) is 13.5 Å². The first kappa shape index (κ1) is 27.5. The van der Waals surface area contributed by atoms with E-state index in [1.165, 1.54) is 12.1 Å². The van der Waals surface area contributed by atoms with Crippen molar-refractivity contribution in [2.24, 2.45) is 0 Å². The standard InChI is InChI=1S/C9H11NO3S.C6H6INO.C6H7NO.H2O/c1-6-8(11)4-5-9(10-6)14(12,13)7-2-3-7;1-4-5(9)2-3-6(7)8-4;1-5-6(8)3-2-4-7-5;/h4-5,7,11H,2-3H2,1H3;2-3,9H,1H3;2-4,8H,1H3;1H2. The van der Waals surface area contributed by atoms with Crippen molar-refractivity contribution in [3.05, 3.63) is 63.4 Å². The van der Waals surface area contributed by atoms with Crippen LogP contribution in [0.4, 0.5) is 0 Å². The number of pyridine rings is 3. The van der Waals surface area contributed by atoms with Crippen molar-refractivity contribution in [3.63, 3.8) is 0 Å². The average molecular weight is 575 g/mol. The molecule has 1 fully saturated rings. The number of sulfone groups is 1. The lowest BCUT2D eigenvalue weighted by molar-refractivity contribution is 0.465. The van der Waals surface area contributed by atoms with Crippen molar-refractivity contribution in [2.75, 3.05) is 0 Å². The maximum Gasteiger partial charge on any atom is 0.198 e. The number of rotatable bonds is 2. The molecular formula is C21H26IN3O6S. The van der Waals surface area contributed by atoms with Gasteiger partial charge in [0.05, 0.1) is 22.3 Å². The number of aromatic hydroxyl groups is 3. The van der Waals surface area contributed by atoms with Crippen LogP contribution in [-0.2, 0) is 9.84 Å². The maximum absolute atomic E-state index is 11.7. The van der Waals surface area contributed by atoms with Gasteiger partial charge in [-0.15, -0.1) is 0 Å². The highest BCUT2D eigenvalue weighted by Crippen LogP contribution is 2.33. The maximum atomic E-state index is 11.7. The first-order valence-electron chi connectivity index (χ1n) is 9.35. The molecule has 3 heterocycles. The Bertz CT molecular complexity index is 1130. The lowest BCUT2D eigenvalue weighted by Crippen LogP contribution is -2.09. The van der Waals surface area contributed by atoms with E-state index in [0.29, 0.717) is 17.1 Å². The lowest BCUT2D eigenvalue weighted by atomic mass is 10.3. The van der Waals surface area contributed by atoms with Crippen LogP contribution >= 0.6 is 22.6 Å². The Morgan fingerprint density at radius 3 is 1.78 bits per heavy atom. The molecule has 9 nitrogen and oxygen atoms in total. The van der Waals surface area contributed by atoms with Gasteiger partial charge in [0.1, 0.15) is 20.9 Å². The summed E-state index contributed by atoms with van der Waals surface area (Å²) in [6, 6.07) is 9.45. The second kappa shape index (κ2) is 11.9. The molecule has 0 aromatic carbocycles. The van der Waals surface area contributed by atoms with E-state index in [1.54, 1.807) is 51.2 Å². The molecular weight excluding hydrogens is 549 g/mol. The molecule has 3 aromatic rings. The van der Waals surface area contributed by atoms with E-state index in [0.717, 1.165) is 16.5 Å². The molecule has 4 rings (SSSR count). The van der Waals surface area contributed by atoms with Gasteiger partial charge >= 0.3 is 0 Å². The largest absolute Gasteiger partial charge is 0.506 e. The molecule has 3 aromatic heterocycles. The molecule has 0 amide bonds. The van der Waals surface area contributed by atoms with Gasteiger partial charge in [-0.05, 0) is 92.6 Å². The molecule has 11 heteroatoms. The Balaban J connectivity index is 0.000000249. The summed E-state index contributed by atoms with van der Waals surface area (Å²) in [4.78, 5) is 11.7. The van der Waals surface area contributed by atoms with E-state index in [4.69, 9.17) is 10.2 Å². The minimum Gasteiger partial charge on any atom is -0.506 e. The highest BCUT2D eigenvalue weighted by Gasteiger charge is 2.37. The molecule has 0 aliphatic heterocycles. The summed E-state index contributed by atoms with van der Waals surface area (Å²) in [5.74, 6) is 0.544. The number of halogens is 1. The number of aryl methyl sites for hydroxylation is 3. The average Bonchev–Trinajstić information content (AvgIpc) is 3.56. The van der Waals surface area contributed by atoms with Gasteiger partial charge in [0.15, 0.2) is 14.9 Å². The van der Waals surface area contributed by atoms with Gasteiger partial charge < -0.3 is 20.8 Å². The molecule has 0 radical (unpaired) electrons. The summed E-state index contributed by atoms with van der Waals surface area (Å²) in [5.41, 5.74) is 1.71. The van der Waals surface area contributed by atoms with Crippen molar-refractivity contribution < 1.29 is 29.2 Å². The number of hydrogen-bond acceptors (Lipinski definition) is 8. The molecule has 0 saturated heterocycles. The van der Waals surface area contributed by atoms with Gasteiger partial charge in [0.2, 0.25) is 0 Å². The third-order valence-electron chi connectivity index (χ3n) is 4.29. The molecule has 174 valence electrons. The monoisotopic (exact) mass is 575 g/mol. The first-order chi connectivity index (χ1) is 14.5. The summed E-state index contributed by atoms with van der Waals surface area (Å²) in [6.07, 6.45) is 3.10. The van der Waals surface area contributed by atoms with E-state index in [1.807, 2.05) is 0 Å². The molecule has 1 aliphatic carbocycles. The van der Waals surface area contributed by atoms with Crippen LogP contribution in [0.3, 0.4) is 0 Å². The van der Waals surface area contributed by atoms with Gasteiger partial charge in [-0.1, -0.05) is 0 Å². The van der Waals surface area contributed by atoms with Crippen molar-refractivity contribution in [3.8, 4) is 17.2 Å². The molecule has 1 saturated carbocycles. The summed E-state index contributed by atoms with van der Waals surface area (Å²) in [7, 11) is -3.23. The van der Waals surface area contributed by atoms with Crippen LogP contribution in [0.5, 0.6) is 17.2 Å². The highest BCUT2D eigenvalue weighted by atomic mass is 127. The smallest absolute Gasteiger partial charge is 0.198 e. The van der Waals surface area contributed by atoms with E-state index in [-0.39, 0.29) is 33.0 Å². The van der Waals surface area contributed by atoms with Crippen LogP contribution in [0, 0.1) is 24.5 Å². The Kier molecular flexibility index (Phi) is 10.3. The minimum absolute atomic E-state index is 0. The van der Waals surface area contributed by atoms with Crippen molar-refractivity contribution >= 4 is 32.4 Å². The number of aromatic nitrogens is 3. The number of nitrogens with zero attached hydrogens (tertiary/aromatic N) is 3. The predicted octanol–water partition coefficient (Wildman–Crippen LogP) is 3.00. The summed E-state index contributed by atoms with van der Waals surface area (Å²) in [6.45, 7) is 5.12. The first-order valence-corrected chi connectivity index (χ1v) is 12.0. The quantitative estimate of drug-likeness (QED) is 0.310. The Morgan fingerprint density at radius 1 is 0.844 bits per heavy atom. The van der Waals surface area contributed by atoms with Gasteiger partial charge in [-0.3, -0.25) is 4.98 Å². The van der Waals surface area contributed by atoms with Gasteiger partial charge in [-0.25, -0.2) is 18.4 Å². The van der Waals surface area contributed by atoms with E-state index in [2.05, 4.69) is 37.5 Å². The lowest BCUT2D eigenvalue weighted by Gasteiger charge is -2.03. The summed E-state index contributed by atoms with van der Waals surface area (Å²) < 4.78 is 24.3. The Morgan fingerprint density at radius 2 is 1.38 bits per heavy atom. The zero-order chi connectivity index (χ0) is 23.2. The van der Waals surface area contributed by atoms with Gasteiger partial charge in [0, 0.05) is 6.20 Å². The van der Waals surface area contributed by atoms with E-state index < -0.39 is 9.84 Å². The van der Waals surface area contributed by atoms with E-state index >= 15 is 0 Å². The predicted molar refractivity (Wildman–Crippen MR) is 128 cm³/mol. The van der Waals surface area contributed by atoms with Crippen LogP contribution in [-0.4, -0.2) is 49.4 Å². The van der Waals surface area contributed by atoms with Crippen LogP contribution in [0.25, 0.3) is 0 Å². The normalized spacial score (nSPS) is 12.4. The van der Waals surface area contributed by atoms with Gasteiger partial charge in [0.25, 0.3) is 0 Å². The molecule has 5 N–H and O–H groups in total. The van der Waals surface area contributed by atoms with Crippen LogP contribution in [0.1, 0.15) is 29.9 Å². The molecule has 32 heavy (non-hydrogen) atoms. The number of hydrogen-bond donors (Lipinski definition) is 3. The highest BCUT2D eigenvalue weighted by molar-refractivity contribution is 14.1. The topological polar surface area (TPSA) is 165 Å². The zero-order valence-corrected chi connectivity index (χ0v) is 20.8.